The lowest BCUT2D eigenvalue weighted by Gasteiger charge is -2.76. The number of carbonyl (C=O) groups excluding carboxylic acids is 2. The first kappa shape index (κ1) is 23.5. The van der Waals surface area contributed by atoms with Crippen LogP contribution >= 0.6 is 0 Å². The third-order valence-electron chi connectivity index (χ3n) is 8.41. The topological polar surface area (TPSA) is 59.1 Å². The van der Waals surface area contributed by atoms with Crippen molar-refractivity contribution in [2.75, 3.05) is 6.54 Å². The molecule has 0 N–H and O–H groups in total. The maximum Gasteiger partial charge on any atom is 0.267 e. The maximum atomic E-state index is 14.0. The monoisotopic (exact) mass is 516 g/mol. The maximum absolute atomic E-state index is 14.0. The molecule has 0 radical (unpaired) electrons. The number of β-lactam (4-membered cyclic amide) rings is 2. The Morgan fingerprint density at radius 3 is 1.49 bits per heavy atom. The van der Waals surface area contributed by atoms with Crippen molar-refractivity contribution in [3.63, 3.8) is 0 Å². The minimum Gasteiger partial charge on any atom is -0.478 e. The van der Waals surface area contributed by atoms with E-state index in [0.717, 1.165) is 11.1 Å². The highest BCUT2D eigenvalue weighted by molar-refractivity contribution is 5.99. The van der Waals surface area contributed by atoms with E-state index < -0.39 is 23.3 Å². The lowest BCUT2D eigenvalue weighted by Crippen LogP contribution is -2.96. The Morgan fingerprint density at radius 2 is 1.00 bits per heavy atom. The van der Waals surface area contributed by atoms with Crippen LogP contribution in [0.1, 0.15) is 18.1 Å². The minimum atomic E-state index is -1.03. The fourth-order valence-corrected chi connectivity index (χ4v) is 7.01. The van der Waals surface area contributed by atoms with Crippen LogP contribution in [0.25, 0.3) is 0 Å². The number of para-hydroxylation sites is 2. The quantitative estimate of drug-likeness (QED) is 0.347. The standard InChI is InChI=1S/C33H28N2O4/c1-23-22-34-30(36)28(38-26-18-10-4-11-19-26)32(34,24-14-6-2-7-15-24)33(25-16-8-3-9-17-25)29(31(37)35(23)33)39-27-20-12-5-13-21-27/h2-21,23,28-29H,22H2,1H3/t23?,28-,29?,32-,33?/m1/s1. The summed E-state index contributed by atoms with van der Waals surface area (Å²) in [6.45, 7) is 2.41. The van der Waals surface area contributed by atoms with E-state index >= 15 is 0 Å². The molecular weight excluding hydrogens is 488 g/mol. The van der Waals surface area contributed by atoms with Crippen LogP contribution in [0.5, 0.6) is 11.5 Å². The number of rotatable bonds is 6. The molecule has 3 fully saturated rings. The summed E-state index contributed by atoms with van der Waals surface area (Å²) in [6.07, 6.45) is -1.74. The highest BCUT2D eigenvalue weighted by Crippen LogP contribution is 2.66. The van der Waals surface area contributed by atoms with E-state index in [1.54, 1.807) is 0 Å². The largest absolute Gasteiger partial charge is 0.478 e. The van der Waals surface area contributed by atoms with E-state index in [-0.39, 0.29) is 17.9 Å². The molecule has 3 aliphatic rings. The normalized spacial score (nSPS) is 29.0. The van der Waals surface area contributed by atoms with E-state index in [0.29, 0.717) is 18.0 Å². The summed E-state index contributed by atoms with van der Waals surface area (Å²) >= 11 is 0. The Bertz CT molecular complexity index is 1510. The van der Waals surface area contributed by atoms with E-state index in [2.05, 4.69) is 0 Å². The Hall–Kier alpha value is -4.58. The van der Waals surface area contributed by atoms with Crippen molar-refractivity contribution in [1.29, 1.82) is 0 Å². The number of carbonyl (C=O) groups is 2. The molecule has 7 rings (SSSR count). The van der Waals surface area contributed by atoms with Gasteiger partial charge in [0.15, 0.2) is 0 Å². The van der Waals surface area contributed by atoms with Crippen LogP contribution in [0.4, 0.5) is 0 Å². The number of ether oxygens (including phenoxy) is 2. The van der Waals surface area contributed by atoms with Gasteiger partial charge in [0.05, 0.1) is 0 Å². The first-order valence-corrected chi connectivity index (χ1v) is 13.3. The molecule has 0 aromatic heterocycles. The average Bonchev–Trinajstić information content (AvgIpc) is 2.99. The van der Waals surface area contributed by atoms with Gasteiger partial charge in [-0.15, -0.1) is 0 Å². The lowest BCUT2D eigenvalue weighted by molar-refractivity contribution is -0.286. The third kappa shape index (κ3) is 3.03. The molecule has 2 amide bonds. The van der Waals surface area contributed by atoms with Gasteiger partial charge in [0, 0.05) is 12.6 Å². The second kappa shape index (κ2) is 8.73. The fraction of sp³-hybridized carbons (Fsp3) is 0.212. The summed E-state index contributed by atoms with van der Waals surface area (Å²) in [4.78, 5) is 31.9. The molecule has 4 aromatic carbocycles. The molecular formula is C33H28N2O4. The Balaban J connectivity index is 1.51. The number of hydrogen-bond acceptors (Lipinski definition) is 4. The number of amides is 2. The van der Waals surface area contributed by atoms with Gasteiger partial charge < -0.3 is 19.3 Å². The van der Waals surface area contributed by atoms with Gasteiger partial charge in [-0.05, 0) is 42.3 Å². The predicted octanol–water partition coefficient (Wildman–Crippen LogP) is 4.76. The molecule has 0 bridgehead atoms. The van der Waals surface area contributed by atoms with Crippen LogP contribution in [-0.4, -0.2) is 46.4 Å². The molecule has 6 heteroatoms. The van der Waals surface area contributed by atoms with Gasteiger partial charge in [0.25, 0.3) is 11.8 Å². The number of piperazine rings is 1. The van der Waals surface area contributed by atoms with Gasteiger partial charge in [-0.2, -0.15) is 0 Å². The second-order valence-electron chi connectivity index (χ2n) is 10.4. The number of nitrogens with zero attached hydrogens (tertiary/aromatic N) is 2. The zero-order chi connectivity index (χ0) is 26.6. The van der Waals surface area contributed by atoms with E-state index in [1.165, 1.54) is 0 Å². The fourth-order valence-electron chi connectivity index (χ4n) is 7.01. The molecule has 3 saturated heterocycles. The Labute approximate surface area is 227 Å². The van der Waals surface area contributed by atoms with Crippen LogP contribution in [0.15, 0.2) is 121 Å². The van der Waals surface area contributed by atoms with Crippen molar-refractivity contribution in [2.24, 2.45) is 0 Å². The Kier molecular flexibility index (Phi) is 5.27. The highest BCUT2D eigenvalue weighted by atomic mass is 16.5. The molecule has 0 spiro atoms. The first-order valence-electron chi connectivity index (χ1n) is 13.3. The molecule has 3 heterocycles. The summed E-state index contributed by atoms with van der Waals surface area (Å²) in [5, 5.41) is 0. The number of benzene rings is 4. The summed E-state index contributed by atoms with van der Waals surface area (Å²) in [5.41, 5.74) is -0.253. The molecule has 6 nitrogen and oxygen atoms in total. The molecule has 4 aromatic rings. The molecule has 3 aliphatic heterocycles. The highest BCUT2D eigenvalue weighted by Gasteiger charge is 2.85. The molecule has 3 unspecified atom stereocenters. The van der Waals surface area contributed by atoms with Crippen molar-refractivity contribution in [3.05, 3.63) is 132 Å². The SMILES string of the molecule is CC1CN2C(=O)[C@@H](Oc3ccccc3)[C@]2(c2ccccc2)C2(c3ccccc3)C(Oc3ccccc3)C(=O)N12. The van der Waals surface area contributed by atoms with Gasteiger partial charge >= 0.3 is 0 Å². The third-order valence-corrected chi connectivity index (χ3v) is 8.41. The minimum absolute atomic E-state index is 0.0945. The van der Waals surface area contributed by atoms with Gasteiger partial charge in [-0.1, -0.05) is 97.1 Å². The van der Waals surface area contributed by atoms with E-state index in [1.807, 2.05) is 138 Å². The van der Waals surface area contributed by atoms with Gasteiger partial charge in [-0.3, -0.25) is 9.59 Å². The van der Waals surface area contributed by atoms with Gasteiger partial charge in [-0.25, -0.2) is 0 Å². The zero-order valence-corrected chi connectivity index (χ0v) is 21.5. The second-order valence-corrected chi connectivity index (χ2v) is 10.4. The number of fused-ring (bicyclic) bond motifs is 3. The van der Waals surface area contributed by atoms with Crippen molar-refractivity contribution in [1.82, 2.24) is 9.80 Å². The van der Waals surface area contributed by atoms with Crippen molar-refractivity contribution < 1.29 is 19.1 Å². The molecule has 39 heavy (non-hydrogen) atoms. The molecule has 194 valence electrons. The van der Waals surface area contributed by atoms with Crippen molar-refractivity contribution in [2.45, 2.75) is 36.3 Å². The zero-order valence-electron chi connectivity index (χ0n) is 21.5. The summed E-state index contributed by atoms with van der Waals surface area (Å²) in [7, 11) is 0. The average molecular weight is 517 g/mol. The van der Waals surface area contributed by atoms with Crippen molar-refractivity contribution >= 4 is 11.8 Å². The van der Waals surface area contributed by atoms with Crippen LogP contribution in [-0.2, 0) is 20.7 Å². The molecule has 5 atom stereocenters. The van der Waals surface area contributed by atoms with Crippen LogP contribution in [0.2, 0.25) is 0 Å². The number of hydrogen-bond donors (Lipinski definition) is 0. The van der Waals surface area contributed by atoms with Crippen LogP contribution in [0, 0.1) is 0 Å². The van der Waals surface area contributed by atoms with Gasteiger partial charge in [0.1, 0.15) is 22.6 Å². The lowest BCUT2D eigenvalue weighted by atomic mass is 9.51. The van der Waals surface area contributed by atoms with Crippen LogP contribution in [0.3, 0.4) is 0 Å². The summed E-state index contributed by atoms with van der Waals surface area (Å²) < 4.78 is 13.2. The van der Waals surface area contributed by atoms with E-state index in [4.69, 9.17) is 9.47 Å². The summed E-state index contributed by atoms with van der Waals surface area (Å²) in [5.74, 6) is 1.01. The first-order chi connectivity index (χ1) is 19.1. The van der Waals surface area contributed by atoms with E-state index in [9.17, 15) is 9.59 Å². The summed E-state index contributed by atoms with van der Waals surface area (Å²) in [6, 6.07) is 38.5. The van der Waals surface area contributed by atoms with Crippen LogP contribution < -0.4 is 9.47 Å². The smallest absolute Gasteiger partial charge is 0.267 e. The molecule has 0 aliphatic carbocycles. The van der Waals surface area contributed by atoms with Gasteiger partial charge in [0.2, 0.25) is 12.2 Å². The molecule has 0 saturated carbocycles. The van der Waals surface area contributed by atoms with Crippen molar-refractivity contribution in [3.8, 4) is 11.5 Å². The predicted molar refractivity (Wildman–Crippen MR) is 146 cm³/mol. The Morgan fingerprint density at radius 1 is 0.590 bits per heavy atom.